The van der Waals surface area contributed by atoms with Gasteiger partial charge in [-0.1, -0.05) is 29.8 Å². The van der Waals surface area contributed by atoms with Crippen molar-refractivity contribution < 1.29 is 9.18 Å². The van der Waals surface area contributed by atoms with Gasteiger partial charge in [0.25, 0.3) is 5.91 Å². The Labute approximate surface area is 168 Å². The second-order valence-corrected chi connectivity index (χ2v) is 7.00. The van der Waals surface area contributed by atoms with Crippen LogP contribution in [0.3, 0.4) is 0 Å². The molecular weight excluding hydrogens is 379 g/mol. The average molecular weight is 399 g/mol. The third kappa shape index (κ3) is 4.84. The maximum atomic E-state index is 13.0. The van der Waals surface area contributed by atoms with Crippen molar-refractivity contribution in [2.45, 2.75) is 27.3 Å². The monoisotopic (exact) mass is 398 g/mol. The summed E-state index contributed by atoms with van der Waals surface area (Å²) in [5, 5.41) is 6.36. The van der Waals surface area contributed by atoms with Crippen LogP contribution in [-0.4, -0.2) is 15.9 Å². The molecule has 3 aromatic rings. The van der Waals surface area contributed by atoms with E-state index in [0.717, 1.165) is 16.7 Å². The number of nitrogens with zero attached hydrogens (tertiary/aromatic N) is 2. The lowest BCUT2D eigenvalue weighted by molar-refractivity contribution is 0.102. The molecule has 144 valence electrons. The fourth-order valence-electron chi connectivity index (χ4n) is 2.80. The first-order valence-electron chi connectivity index (χ1n) is 8.74. The summed E-state index contributed by atoms with van der Waals surface area (Å²) in [6.45, 7) is 6.02. The maximum absolute atomic E-state index is 13.0. The second kappa shape index (κ2) is 8.35. The molecular formula is C21H20ClFN4O. The number of benzene rings is 2. The van der Waals surface area contributed by atoms with E-state index in [2.05, 4.69) is 20.6 Å². The molecule has 0 saturated carbocycles. The van der Waals surface area contributed by atoms with E-state index in [9.17, 15) is 9.18 Å². The van der Waals surface area contributed by atoms with E-state index in [1.165, 1.54) is 12.1 Å². The van der Waals surface area contributed by atoms with E-state index >= 15 is 0 Å². The number of rotatable bonds is 5. The minimum Gasteiger partial charge on any atom is -0.350 e. The Hall–Kier alpha value is -2.99. The quantitative estimate of drug-likeness (QED) is 0.630. The van der Waals surface area contributed by atoms with Crippen molar-refractivity contribution in [2.24, 2.45) is 0 Å². The zero-order valence-electron chi connectivity index (χ0n) is 15.8. The van der Waals surface area contributed by atoms with Crippen molar-refractivity contribution in [1.82, 2.24) is 9.97 Å². The number of anilines is 2. The number of hydrogen-bond acceptors (Lipinski definition) is 4. The molecule has 1 aromatic heterocycles. The third-order valence-corrected chi connectivity index (χ3v) is 4.42. The molecule has 7 heteroatoms. The number of halogens is 2. The zero-order valence-corrected chi connectivity index (χ0v) is 16.6. The molecule has 3 rings (SSSR count). The molecule has 0 atom stereocenters. The van der Waals surface area contributed by atoms with Gasteiger partial charge in [0.2, 0.25) is 5.95 Å². The summed E-state index contributed by atoms with van der Waals surface area (Å²) in [7, 11) is 0. The van der Waals surface area contributed by atoms with Gasteiger partial charge in [0.05, 0.1) is 10.7 Å². The highest BCUT2D eigenvalue weighted by Crippen LogP contribution is 2.27. The van der Waals surface area contributed by atoms with Crippen LogP contribution in [0.1, 0.15) is 32.9 Å². The highest BCUT2D eigenvalue weighted by Gasteiger charge is 2.14. The van der Waals surface area contributed by atoms with Crippen LogP contribution < -0.4 is 10.6 Å². The van der Waals surface area contributed by atoms with Gasteiger partial charge < -0.3 is 10.6 Å². The van der Waals surface area contributed by atoms with Crippen molar-refractivity contribution in [3.63, 3.8) is 0 Å². The fraction of sp³-hybridized carbons (Fsp3) is 0.190. The average Bonchev–Trinajstić information content (AvgIpc) is 2.63. The number of hydrogen-bond donors (Lipinski definition) is 2. The van der Waals surface area contributed by atoms with Gasteiger partial charge in [-0.25, -0.2) is 14.4 Å². The molecule has 0 fully saturated rings. The van der Waals surface area contributed by atoms with Crippen LogP contribution in [0.25, 0.3) is 0 Å². The van der Waals surface area contributed by atoms with E-state index in [1.807, 2.05) is 19.9 Å². The first-order chi connectivity index (χ1) is 13.3. The molecule has 0 spiro atoms. The molecule has 0 saturated heterocycles. The zero-order chi connectivity index (χ0) is 20.3. The number of aromatic nitrogens is 2. The Morgan fingerprint density at radius 2 is 1.79 bits per heavy atom. The van der Waals surface area contributed by atoms with Crippen molar-refractivity contribution in [1.29, 1.82) is 0 Å². The van der Waals surface area contributed by atoms with Crippen molar-refractivity contribution in [3.8, 4) is 0 Å². The van der Waals surface area contributed by atoms with Crippen molar-refractivity contribution >= 4 is 29.1 Å². The molecule has 5 nitrogen and oxygen atoms in total. The number of amides is 1. The molecule has 28 heavy (non-hydrogen) atoms. The topological polar surface area (TPSA) is 66.9 Å². The maximum Gasteiger partial charge on any atom is 0.274 e. The van der Waals surface area contributed by atoms with Crippen LogP contribution >= 0.6 is 11.6 Å². The molecule has 0 bridgehead atoms. The Bertz CT molecular complexity index is 998. The summed E-state index contributed by atoms with van der Waals surface area (Å²) < 4.78 is 13.0. The van der Waals surface area contributed by atoms with Crippen LogP contribution in [0.2, 0.25) is 5.02 Å². The first kappa shape index (κ1) is 19.8. The van der Waals surface area contributed by atoms with E-state index in [0.29, 0.717) is 28.9 Å². The lowest BCUT2D eigenvalue weighted by Crippen LogP contribution is -2.17. The summed E-state index contributed by atoms with van der Waals surface area (Å²) in [5.74, 6) is -0.343. The molecule has 0 aliphatic rings. The van der Waals surface area contributed by atoms with Crippen LogP contribution in [0, 0.1) is 26.6 Å². The summed E-state index contributed by atoms with van der Waals surface area (Å²) in [6, 6.07) is 11.5. The summed E-state index contributed by atoms with van der Waals surface area (Å²) in [4.78, 5) is 21.3. The minimum absolute atomic E-state index is 0.227. The van der Waals surface area contributed by atoms with Crippen LogP contribution in [0.15, 0.2) is 42.5 Å². The lowest BCUT2D eigenvalue weighted by atomic mass is 10.1. The molecule has 1 amide bonds. The number of aryl methyl sites for hydroxylation is 3. The number of carbonyl (C=O) groups is 1. The summed E-state index contributed by atoms with van der Waals surface area (Å²) in [5.41, 5.74) is 4.21. The lowest BCUT2D eigenvalue weighted by Gasteiger charge is -2.12. The van der Waals surface area contributed by atoms with Crippen LogP contribution in [0.4, 0.5) is 16.0 Å². The normalized spacial score (nSPS) is 10.6. The van der Waals surface area contributed by atoms with E-state index in [4.69, 9.17) is 11.6 Å². The summed E-state index contributed by atoms with van der Waals surface area (Å²) >= 11 is 6.27. The standard InChI is InChI=1S/C21H20ClFN4O/c1-12-8-13(2)19(17(22)9-12)27-20(28)18-10-14(3)25-21(26-18)24-11-15-4-6-16(23)7-5-15/h4-10H,11H2,1-3H3,(H,27,28)(H,24,25,26). The van der Waals surface area contributed by atoms with Gasteiger partial charge in [-0.3, -0.25) is 4.79 Å². The Morgan fingerprint density at radius 1 is 1.07 bits per heavy atom. The molecule has 0 radical (unpaired) electrons. The molecule has 2 aromatic carbocycles. The van der Waals surface area contributed by atoms with Crippen LogP contribution in [-0.2, 0) is 6.54 Å². The van der Waals surface area contributed by atoms with Gasteiger partial charge >= 0.3 is 0 Å². The molecule has 2 N–H and O–H groups in total. The van der Waals surface area contributed by atoms with Crippen molar-refractivity contribution in [3.05, 3.63) is 81.4 Å². The molecule has 0 unspecified atom stereocenters. The second-order valence-electron chi connectivity index (χ2n) is 6.59. The Balaban J connectivity index is 1.77. The van der Waals surface area contributed by atoms with Gasteiger partial charge in [-0.15, -0.1) is 0 Å². The predicted molar refractivity (Wildman–Crippen MR) is 109 cm³/mol. The number of nitrogens with one attached hydrogen (secondary N) is 2. The summed E-state index contributed by atoms with van der Waals surface area (Å²) in [6.07, 6.45) is 0. The smallest absolute Gasteiger partial charge is 0.274 e. The first-order valence-corrected chi connectivity index (χ1v) is 9.12. The molecule has 1 heterocycles. The Kier molecular flexibility index (Phi) is 5.90. The van der Waals surface area contributed by atoms with Crippen molar-refractivity contribution in [2.75, 3.05) is 10.6 Å². The van der Waals surface area contributed by atoms with Crippen LogP contribution in [0.5, 0.6) is 0 Å². The van der Waals surface area contributed by atoms with Gasteiger partial charge in [-0.2, -0.15) is 0 Å². The highest BCUT2D eigenvalue weighted by atomic mass is 35.5. The SMILES string of the molecule is Cc1cc(C)c(NC(=O)c2cc(C)nc(NCc3ccc(F)cc3)n2)c(Cl)c1. The van der Waals surface area contributed by atoms with E-state index in [-0.39, 0.29) is 17.4 Å². The predicted octanol–water partition coefficient (Wildman–Crippen LogP) is 5.06. The van der Waals surface area contributed by atoms with Gasteiger partial charge in [0, 0.05) is 12.2 Å². The highest BCUT2D eigenvalue weighted by molar-refractivity contribution is 6.34. The van der Waals surface area contributed by atoms with Gasteiger partial charge in [0.15, 0.2) is 0 Å². The third-order valence-electron chi connectivity index (χ3n) is 4.12. The molecule has 0 aliphatic carbocycles. The largest absolute Gasteiger partial charge is 0.350 e. The number of carbonyl (C=O) groups excluding carboxylic acids is 1. The Morgan fingerprint density at radius 3 is 2.46 bits per heavy atom. The van der Waals surface area contributed by atoms with Gasteiger partial charge in [-0.05, 0) is 61.7 Å². The van der Waals surface area contributed by atoms with E-state index < -0.39 is 0 Å². The minimum atomic E-state index is -0.371. The fourth-order valence-corrected chi connectivity index (χ4v) is 3.17. The molecule has 0 aliphatic heterocycles. The van der Waals surface area contributed by atoms with E-state index in [1.54, 1.807) is 31.2 Å². The van der Waals surface area contributed by atoms with Gasteiger partial charge in [0.1, 0.15) is 11.5 Å².